The predicted molar refractivity (Wildman–Crippen MR) is 106 cm³/mol. The summed E-state index contributed by atoms with van der Waals surface area (Å²) in [6, 6.07) is 9.69. The quantitative estimate of drug-likeness (QED) is 0.516. The number of rotatable bonds is 4. The largest absolute Gasteiger partial charge is 0.344 e. The molecule has 27 heavy (non-hydrogen) atoms. The summed E-state index contributed by atoms with van der Waals surface area (Å²) in [6.45, 7) is 0.884. The van der Waals surface area contributed by atoms with Gasteiger partial charge in [-0.2, -0.15) is 4.98 Å². The minimum absolute atomic E-state index is 0.00626. The van der Waals surface area contributed by atoms with Crippen LogP contribution in [0.25, 0.3) is 11.4 Å². The Kier molecular flexibility index (Phi) is 4.36. The van der Waals surface area contributed by atoms with Crippen LogP contribution in [0.1, 0.15) is 49.4 Å². The van der Waals surface area contributed by atoms with Crippen molar-refractivity contribution in [2.45, 2.75) is 37.6 Å². The molecule has 0 N–H and O–H groups in total. The van der Waals surface area contributed by atoms with Gasteiger partial charge in [0.2, 0.25) is 11.7 Å². The van der Waals surface area contributed by atoms with Crippen molar-refractivity contribution in [1.82, 2.24) is 20.1 Å². The molecule has 0 radical (unpaired) electrons. The minimum Gasteiger partial charge on any atom is -0.344 e. The van der Waals surface area contributed by atoms with E-state index in [2.05, 4.69) is 36.0 Å². The summed E-state index contributed by atoms with van der Waals surface area (Å²) in [5.41, 5.74) is 0.915. The van der Waals surface area contributed by atoms with E-state index in [1.54, 1.807) is 0 Å². The minimum atomic E-state index is 0.00626. The Hall–Kier alpha value is -1.99. The molecule has 1 unspecified atom stereocenters. The lowest BCUT2D eigenvalue weighted by Gasteiger charge is -2.23. The molecule has 2 aromatic heterocycles. The molecule has 1 aromatic carbocycles. The fraction of sp³-hybridized carbons (Fsp3) is 0.368. The molecule has 8 heteroatoms. The summed E-state index contributed by atoms with van der Waals surface area (Å²) < 4.78 is 6.57. The van der Waals surface area contributed by atoms with E-state index >= 15 is 0 Å². The highest BCUT2D eigenvalue weighted by molar-refractivity contribution is 9.10. The lowest BCUT2D eigenvalue weighted by atomic mass is 10.2. The third-order valence-electron chi connectivity index (χ3n) is 5.03. The molecule has 3 heterocycles. The van der Waals surface area contributed by atoms with Crippen molar-refractivity contribution in [3.05, 3.63) is 51.7 Å². The van der Waals surface area contributed by atoms with Crippen LogP contribution in [0.5, 0.6) is 0 Å². The Morgan fingerprint density at radius 3 is 2.78 bits per heavy atom. The SMILES string of the molecule is Clc1cc(N2CCCC2c2nc(-c3ccccc3Br)no2)nc(C2CC2)n1. The maximum Gasteiger partial charge on any atom is 0.249 e. The maximum absolute atomic E-state index is 6.26. The lowest BCUT2D eigenvalue weighted by Crippen LogP contribution is -2.24. The molecular formula is C19H17BrClN5O. The first-order valence-electron chi connectivity index (χ1n) is 9.08. The van der Waals surface area contributed by atoms with Gasteiger partial charge in [0.05, 0.1) is 0 Å². The average molecular weight is 447 g/mol. The van der Waals surface area contributed by atoms with Gasteiger partial charge in [-0.1, -0.05) is 44.8 Å². The Labute approximate surface area is 170 Å². The Balaban J connectivity index is 1.46. The monoisotopic (exact) mass is 445 g/mol. The Morgan fingerprint density at radius 2 is 1.96 bits per heavy atom. The van der Waals surface area contributed by atoms with Crippen LogP contribution in [-0.4, -0.2) is 26.7 Å². The second-order valence-corrected chi connectivity index (χ2v) is 8.21. The number of nitrogens with zero attached hydrogens (tertiary/aromatic N) is 5. The van der Waals surface area contributed by atoms with E-state index in [1.807, 2.05) is 30.3 Å². The van der Waals surface area contributed by atoms with Crippen molar-refractivity contribution >= 4 is 33.3 Å². The molecule has 1 aliphatic heterocycles. The highest BCUT2D eigenvalue weighted by atomic mass is 79.9. The molecule has 3 aromatic rings. The van der Waals surface area contributed by atoms with E-state index in [1.165, 1.54) is 0 Å². The molecule has 1 atom stereocenters. The summed E-state index contributed by atoms with van der Waals surface area (Å²) in [4.78, 5) is 16.0. The highest BCUT2D eigenvalue weighted by Gasteiger charge is 2.34. The first-order chi connectivity index (χ1) is 13.2. The van der Waals surface area contributed by atoms with E-state index < -0.39 is 0 Å². The third kappa shape index (κ3) is 3.34. The third-order valence-corrected chi connectivity index (χ3v) is 5.91. The van der Waals surface area contributed by atoms with Crippen LogP contribution >= 0.6 is 27.5 Å². The van der Waals surface area contributed by atoms with E-state index in [-0.39, 0.29) is 6.04 Å². The van der Waals surface area contributed by atoms with Crippen molar-refractivity contribution < 1.29 is 4.52 Å². The standard InChI is InChI=1S/C19H17BrClN5O/c20-13-5-2-1-4-12(13)18-24-19(27-25-18)14-6-3-9-26(14)16-10-15(21)22-17(23-16)11-7-8-11/h1-2,4-5,10-11,14H,3,6-9H2. The van der Waals surface area contributed by atoms with Gasteiger partial charge in [0.15, 0.2) is 0 Å². The van der Waals surface area contributed by atoms with Gasteiger partial charge in [0.25, 0.3) is 0 Å². The normalized spacial score (nSPS) is 19.6. The smallest absolute Gasteiger partial charge is 0.249 e. The number of halogens is 2. The van der Waals surface area contributed by atoms with Gasteiger partial charge in [-0.25, -0.2) is 9.97 Å². The average Bonchev–Trinajstić information content (AvgIpc) is 3.20. The molecule has 0 amide bonds. The molecule has 0 bridgehead atoms. The molecule has 138 valence electrons. The van der Waals surface area contributed by atoms with Crippen LogP contribution < -0.4 is 4.90 Å². The van der Waals surface area contributed by atoms with Crippen LogP contribution in [0.15, 0.2) is 39.3 Å². The second-order valence-electron chi connectivity index (χ2n) is 6.97. The number of benzene rings is 1. The number of hydrogen-bond donors (Lipinski definition) is 0. The molecule has 2 fully saturated rings. The van der Waals surface area contributed by atoms with Crippen LogP contribution in [0.4, 0.5) is 5.82 Å². The molecule has 0 spiro atoms. The van der Waals surface area contributed by atoms with Gasteiger partial charge >= 0.3 is 0 Å². The van der Waals surface area contributed by atoms with Gasteiger partial charge in [0, 0.05) is 28.6 Å². The first-order valence-corrected chi connectivity index (χ1v) is 10.3. The summed E-state index contributed by atoms with van der Waals surface area (Å²) >= 11 is 9.81. The van der Waals surface area contributed by atoms with E-state index in [4.69, 9.17) is 21.1 Å². The molecule has 6 nitrogen and oxygen atoms in total. The van der Waals surface area contributed by atoms with Crippen molar-refractivity contribution in [3.8, 4) is 11.4 Å². The fourth-order valence-corrected chi connectivity index (χ4v) is 4.16. The second kappa shape index (κ2) is 6.87. The summed E-state index contributed by atoms with van der Waals surface area (Å²) in [6.07, 6.45) is 4.26. The van der Waals surface area contributed by atoms with Crippen LogP contribution in [0.2, 0.25) is 5.15 Å². The fourth-order valence-electron chi connectivity index (χ4n) is 3.51. The molecule has 1 saturated carbocycles. The van der Waals surface area contributed by atoms with Gasteiger partial charge in [-0.3, -0.25) is 0 Å². The predicted octanol–water partition coefficient (Wildman–Crippen LogP) is 5.16. The Bertz CT molecular complexity index is 990. The lowest BCUT2D eigenvalue weighted by molar-refractivity contribution is 0.354. The molecule has 5 rings (SSSR count). The first kappa shape index (κ1) is 17.1. The zero-order valence-corrected chi connectivity index (χ0v) is 16.8. The van der Waals surface area contributed by atoms with E-state index in [0.717, 1.165) is 53.9 Å². The number of aromatic nitrogens is 4. The van der Waals surface area contributed by atoms with Crippen molar-refractivity contribution in [3.63, 3.8) is 0 Å². The maximum atomic E-state index is 6.26. The Morgan fingerprint density at radius 1 is 1.11 bits per heavy atom. The topological polar surface area (TPSA) is 67.9 Å². The summed E-state index contributed by atoms with van der Waals surface area (Å²) in [5, 5.41) is 4.68. The summed E-state index contributed by atoms with van der Waals surface area (Å²) in [7, 11) is 0. The zero-order chi connectivity index (χ0) is 18.4. The number of hydrogen-bond acceptors (Lipinski definition) is 6. The van der Waals surface area contributed by atoms with Gasteiger partial charge < -0.3 is 9.42 Å². The van der Waals surface area contributed by atoms with Crippen molar-refractivity contribution in [2.24, 2.45) is 0 Å². The van der Waals surface area contributed by atoms with Crippen LogP contribution in [-0.2, 0) is 0 Å². The summed E-state index contributed by atoms with van der Waals surface area (Å²) in [5.74, 6) is 3.35. The van der Waals surface area contributed by atoms with Crippen molar-refractivity contribution in [1.29, 1.82) is 0 Å². The molecule has 2 aliphatic rings. The molecule has 1 aliphatic carbocycles. The van der Waals surface area contributed by atoms with Gasteiger partial charge in [-0.05, 0) is 37.8 Å². The van der Waals surface area contributed by atoms with Crippen molar-refractivity contribution in [2.75, 3.05) is 11.4 Å². The molecular weight excluding hydrogens is 430 g/mol. The number of anilines is 1. The highest BCUT2D eigenvalue weighted by Crippen LogP contribution is 2.41. The molecule has 1 saturated heterocycles. The van der Waals surface area contributed by atoms with Crippen LogP contribution in [0.3, 0.4) is 0 Å². The van der Waals surface area contributed by atoms with E-state index in [9.17, 15) is 0 Å². The van der Waals surface area contributed by atoms with Gasteiger partial charge in [0.1, 0.15) is 22.8 Å². The van der Waals surface area contributed by atoms with Gasteiger partial charge in [-0.15, -0.1) is 0 Å². The zero-order valence-electron chi connectivity index (χ0n) is 14.5. The van der Waals surface area contributed by atoms with E-state index in [0.29, 0.717) is 22.8 Å². The van der Waals surface area contributed by atoms with Crippen LogP contribution in [0, 0.1) is 0 Å².